The Balaban J connectivity index is 0.000000523. The molecule has 0 spiro atoms. The Bertz CT molecular complexity index is 1450. The summed E-state index contributed by atoms with van der Waals surface area (Å²) in [5.41, 5.74) is -9.34. The van der Waals surface area contributed by atoms with Crippen LogP contribution in [0, 0.1) is 6.92 Å². The molecule has 0 radical (unpaired) electrons. The van der Waals surface area contributed by atoms with E-state index in [0.717, 1.165) is 22.5 Å². The van der Waals surface area contributed by atoms with E-state index in [4.69, 9.17) is 4.74 Å². The summed E-state index contributed by atoms with van der Waals surface area (Å²) in [5, 5.41) is 2.66. The molecule has 11 nitrogen and oxygen atoms in total. The van der Waals surface area contributed by atoms with Crippen molar-refractivity contribution in [1.82, 2.24) is 0 Å². The minimum Gasteiger partial charge on any atom is -0.443 e. The number of nitrogens with zero attached hydrogens (tertiary/aromatic N) is 3. The Morgan fingerprint density at radius 3 is 2.19 bits per heavy atom. The number of aryl methyl sites for hydroxylation is 2. The molecule has 0 saturated carbocycles. The van der Waals surface area contributed by atoms with Crippen LogP contribution < -0.4 is 9.88 Å². The van der Waals surface area contributed by atoms with E-state index in [-0.39, 0.29) is 6.61 Å². The number of hydrogen-bond donors (Lipinski definition) is 1. The summed E-state index contributed by atoms with van der Waals surface area (Å²) in [6.07, 6.45) is 8.90. The van der Waals surface area contributed by atoms with Gasteiger partial charge in [-0.25, -0.2) is 26.4 Å². The van der Waals surface area contributed by atoms with Crippen molar-refractivity contribution in [3.05, 3.63) is 58.0 Å². The third-order valence-corrected chi connectivity index (χ3v) is 8.03. The number of sulfonamides is 2. The van der Waals surface area contributed by atoms with Gasteiger partial charge in [0.15, 0.2) is 45.1 Å². The van der Waals surface area contributed by atoms with Crippen molar-refractivity contribution in [1.29, 1.82) is 0 Å². The van der Waals surface area contributed by atoms with Gasteiger partial charge in [-0.2, -0.15) is 35.9 Å². The van der Waals surface area contributed by atoms with E-state index in [1.54, 1.807) is 18.2 Å². The highest BCUT2D eigenvalue weighted by Crippen LogP contribution is 2.36. The smallest absolute Gasteiger partial charge is 0.443 e. The fraction of sp³-hybridized carbons (Fsp3) is 0.458. The van der Waals surface area contributed by atoms with Crippen LogP contribution in [-0.4, -0.2) is 46.6 Å². The van der Waals surface area contributed by atoms with Crippen LogP contribution in [0.4, 0.5) is 42.5 Å². The molecule has 1 aromatic carbocycles. The number of pyridine rings is 1. The maximum atomic E-state index is 12.0. The van der Waals surface area contributed by atoms with E-state index < -0.39 is 37.2 Å². The largest absolute Gasteiger partial charge is 0.480 e. The summed E-state index contributed by atoms with van der Waals surface area (Å²) in [7, 11) is -13.4. The number of anilines is 1. The number of nitrogens with one attached hydrogen (secondary N) is 1. The Kier molecular flexibility index (Phi) is 14.2. The van der Waals surface area contributed by atoms with Crippen LogP contribution in [0.1, 0.15) is 43.9 Å². The standard InChI is InChI=1S/C22H27N3O3.C2F6NO4S2/c1-3-4-5-6-9-20-10-7-8-13-25(20)14-15-28-22(27)24-19-12-11-18(2)21(16-19)23-17-26;3-1(4,5)14(10,11)9-15(12,13)2(6,7)8/h7-8,10-13,16H,3-6,9,14-15H2,1-2H3;/q;-1/p+1. The van der Waals surface area contributed by atoms with E-state index in [2.05, 4.69) is 27.9 Å². The molecule has 0 saturated heterocycles. The molecular weight excluding hydrogens is 634 g/mol. The number of alkyl halides is 6. The average molecular weight is 663 g/mol. The normalized spacial score (nSPS) is 12.0. The molecule has 0 aliphatic rings. The first-order valence-electron chi connectivity index (χ1n) is 12.3. The first-order valence-corrected chi connectivity index (χ1v) is 15.2. The minimum absolute atomic E-state index is 0.272. The molecule has 1 N–H and O–H groups in total. The van der Waals surface area contributed by atoms with Crippen molar-refractivity contribution in [2.75, 3.05) is 11.9 Å². The first kappa shape index (κ1) is 37.5. The van der Waals surface area contributed by atoms with Gasteiger partial charge in [-0.05, 0) is 31.0 Å². The Morgan fingerprint density at radius 2 is 1.63 bits per heavy atom. The van der Waals surface area contributed by atoms with E-state index in [1.165, 1.54) is 31.0 Å². The Morgan fingerprint density at radius 1 is 1.00 bits per heavy atom. The number of hydrogen-bond acceptors (Lipinski definition) is 8. The molecule has 240 valence electrons. The predicted octanol–water partition coefficient (Wildman–Crippen LogP) is 5.68. The lowest BCUT2D eigenvalue weighted by Gasteiger charge is -2.22. The lowest BCUT2D eigenvalue weighted by Crippen LogP contribution is -2.40. The van der Waals surface area contributed by atoms with Gasteiger partial charge in [-0.3, -0.25) is 5.32 Å². The van der Waals surface area contributed by atoms with Gasteiger partial charge in [-0.15, -0.1) is 0 Å². The second-order valence-electron chi connectivity index (χ2n) is 8.58. The van der Waals surface area contributed by atoms with Crippen molar-refractivity contribution in [3.63, 3.8) is 0 Å². The van der Waals surface area contributed by atoms with Crippen molar-refractivity contribution in [2.24, 2.45) is 4.99 Å². The number of unbranched alkanes of at least 4 members (excludes halogenated alkanes) is 3. The summed E-state index contributed by atoms with van der Waals surface area (Å²) >= 11 is 0. The van der Waals surface area contributed by atoms with Crippen LogP contribution in [0.15, 0.2) is 47.6 Å². The van der Waals surface area contributed by atoms with Gasteiger partial charge in [0.25, 0.3) is 0 Å². The molecule has 0 bridgehead atoms. The fourth-order valence-electron chi connectivity index (χ4n) is 3.15. The highest BCUT2D eigenvalue weighted by atomic mass is 32.3. The summed E-state index contributed by atoms with van der Waals surface area (Å²) in [6.45, 7) is 4.91. The number of ether oxygens (including phenoxy) is 1. The van der Waals surface area contributed by atoms with Crippen molar-refractivity contribution in [2.45, 2.75) is 63.5 Å². The number of aliphatic imine (C=N–C) groups is 1. The summed E-state index contributed by atoms with van der Waals surface area (Å²) in [4.78, 5) is 26.1. The lowest BCUT2D eigenvalue weighted by molar-refractivity contribution is -0.705. The molecule has 1 aromatic heterocycles. The van der Waals surface area contributed by atoms with Gasteiger partial charge in [0.2, 0.25) is 6.08 Å². The van der Waals surface area contributed by atoms with Crippen LogP contribution >= 0.6 is 0 Å². The van der Waals surface area contributed by atoms with Gasteiger partial charge < -0.3 is 8.86 Å². The zero-order chi connectivity index (χ0) is 32.9. The molecule has 0 aliphatic heterocycles. The van der Waals surface area contributed by atoms with E-state index in [1.807, 2.05) is 25.3 Å². The molecule has 1 amide bonds. The van der Waals surface area contributed by atoms with Crippen LogP contribution in [-0.2, 0) is 42.5 Å². The number of halogens is 6. The molecule has 19 heteroatoms. The zero-order valence-electron chi connectivity index (χ0n) is 22.8. The zero-order valence-corrected chi connectivity index (χ0v) is 24.4. The number of carbonyl (C=O) groups excluding carboxylic acids is 2. The Labute approximate surface area is 244 Å². The average Bonchev–Trinajstić information content (AvgIpc) is 2.88. The molecule has 2 aromatic rings. The summed E-state index contributed by atoms with van der Waals surface area (Å²) in [5.74, 6) is 0. The predicted molar refractivity (Wildman–Crippen MR) is 142 cm³/mol. The molecule has 0 unspecified atom stereocenters. The number of amides is 1. The quantitative estimate of drug-likeness (QED) is 0.101. The molecule has 43 heavy (non-hydrogen) atoms. The third kappa shape index (κ3) is 12.7. The van der Waals surface area contributed by atoms with Gasteiger partial charge in [0, 0.05) is 24.2 Å². The number of benzene rings is 1. The highest BCUT2D eigenvalue weighted by molar-refractivity contribution is 8.13. The van der Waals surface area contributed by atoms with Gasteiger partial charge in [0.05, 0.1) is 5.69 Å². The number of rotatable bonds is 12. The first-order chi connectivity index (χ1) is 19.8. The Hall–Kier alpha value is -3.54. The summed E-state index contributed by atoms with van der Waals surface area (Å²) in [6, 6.07) is 11.3. The lowest BCUT2D eigenvalue weighted by atomic mass is 10.1. The van der Waals surface area contributed by atoms with Crippen molar-refractivity contribution >= 4 is 43.6 Å². The maximum absolute atomic E-state index is 12.0. The number of isocyanates is 1. The van der Waals surface area contributed by atoms with Crippen LogP contribution in [0.5, 0.6) is 0 Å². The second kappa shape index (κ2) is 16.3. The summed E-state index contributed by atoms with van der Waals surface area (Å²) < 4.78 is 117. The van der Waals surface area contributed by atoms with Gasteiger partial charge in [-0.1, -0.05) is 38.3 Å². The fourth-order valence-corrected chi connectivity index (χ4v) is 4.86. The molecule has 1 heterocycles. The van der Waals surface area contributed by atoms with Gasteiger partial charge in [0.1, 0.15) is 0 Å². The number of carbonyl (C=O) groups is 1. The van der Waals surface area contributed by atoms with E-state index >= 15 is 0 Å². The van der Waals surface area contributed by atoms with E-state index in [0.29, 0.717) is 17.9 Å². The van der Waals surface area contributed by atoms with Crippen LogP contribution in [0.2, 0.25) is 0 Å². The van der Waals surface area contributed by atoms with Gasteiger partial charge >= 0.3 is 17.1 Å². The van der Waals surface area contributed by atoms with Crippen LogP contribution in [0.3, 0.4) is 0 Å². The minimum atomic E-state index is -6.72. The maximum Gasteiger partial charge on any atom is 0.480 e. The molecule has 0 atom stereocenters. The monoisotopic (exact) mass is 662 g/mol. The topological polar surface area (TPSA) is 154 Å². The second-order valence-corrected chi connectivity index (χ2v) is 12.0. The molecule has 0 aliphatic carbocycles. The van der Waals surface area contributed by atoms with Crippen molar-refractivity contribution < 1.29 is 62.1 Å². The molecular formula is C24H28F6N4O7S2. The molecule has 0 fully saturated rings. The SMILES string of the molecule is CCCCCCc1cccc[n+]1CCOC(=O)Nc1ccc(C)c(N=C=O)c1.O=S(=O)([N-]S(=O)(=O)C(F)(F)F)C(F)(F)F. The highest BCUT2D eigenvalue weighted by Gasteiger charge is 2.46. The third-order valence-electron chi connectivity index (χ3n) is 5.29. The molecule has 2 rings (SSSR count). The van der Waals surface area contributed by atoms with E-state index in [9.17, 15) is 52.8 Å². The number of aromatic nitrogens is 1. The van der Waals surface area contributed by atoms with Crippen molar-refractivity contribution in [3.8, 4) is 0 Å². The van der Waals surface area contributed by atoms with Crippen LogP contribution in [0.25, 0.3) is 4.13 Å².